The van der Waals surface area contributed by atoms with Crippen LogP contribution in [0.2, 0.25) is 0 Å². The predicted molar refractivity (Wildman–Crippen MR) is 134 cm³/mol. The summed E-state index contributed by atoms with van der Waals surface area (Å²) >= 11 is 0. The molecular weight excluding hydrogens is 498 g/mol. The molecule has 0 aliphatic heterocycles. The highest BCUT2D eigenvalue weighted by Gasteiger charge is 2.39. The zero-order chi connectivity index (χ0) is 27.0. The molecule has 190 valence electrons. The zero-order valence-electron chi connectivity index (χ0n) is 19.7. The number of nitrogens with one attached hydrogen (secondary N) is 1. The van der Waals surface area contributed by atoms with Crippen LogP contribution < -0.4 is 0 Å². The van der Waals surface area contributed by atoms with Gasteiger partial charge in [0, 0.05) is 11.6 Å². The number of alkyl halides is 3. The van der Waals surface area contributed by atoms with E-state index in [-0.39, 0.29) is 33.5 Å². The predicted octanol–water partition coefficient (Wildman–Crippen LogP) is 7.06. The second-order valence-electron chi connectivity index (χ2n) is 8.93. The quantitative estimate of drug-likeness (QED) is 0.163. The van der Waals surface area contributed by atoms with Crippen molar-refractivity contribution in [1.29, 1.82) is 5.26 Å². The molecule has 1 aliphatic carbocycles. The van der Waals surface area contributed by atoms with Crippen molar-refractivity contribution in [2.45, 2.75) is 19.0 Å². The summed E-state index contributed by atoms with van der Waals surface area (Å²) in [4.78, 5) is 10.9. The Labute approximate surface area is 214 Å². The molecule has 0 unspecified atom stereocenters. The first-order valence-corrected chi connectivity index (χ1v) is 11.7. The number of benzene rings is 3. The van der Waals surface area contributed by atoms with Crippen LogP contribution in [0.1, 0.15) is 46.2 Å². The van der Waals surface area contributed by atoms with E-state index in [9.17, 15) is 27.6 Å². The third-order valence-corrected chi connectivity index (χ3v) is 6.45. The van der Waals surface area contributed by atoms with Crippen LogP contribution >= 0.6 is 0 Å². The van der Waals surface area contributed by atoms with Crippen LogP contribution in [0.25, 0.3) is 28.1 Å². The van der Waals surface area contributed by atoms with E-state index in [2.05, 4.69) is 10.2 Å². The van der Waals surface area contributed by atoms with Gasteiger partial charge < -0.3 is 5.11 Å². The SMILES string of the molecule is N#Cc1c(/C(=C(/c2ccccc2C(F)(F)F)C2CC2)c2ccc(/C=C/C(=O)O)cc2)ccc2n[nH]c(F)c12. The highest BCUT2D eigenvalue weighted by atomic mass is 19.4. The Morgan fingerprint density at radius 1 is 1.05 bits per heavy atom. The first-order chi connectivity index (χ1) is 18.2. The second kappa shape index (κ2) is 9.63. The number of halogens is 4. The van der Waals surface area contributed by atoms with Gasteiger partial charge in [-0.05, 0) is 64.8 Å². The van der Waals surface area contributed by atoms with Gasteiger partial charge in [-0.15, -0.1) is 0 Å². The van der Waals surface area contributed by atoms with Gasteiger partial charge in [-0.1, -0.05) is 48.5 Å². The maximum absolute atomic E-state index is 14.7. The number of rotatable bonds is 6. The van der Waals surface area contributed by atoms with Gasteiger partial charge >= 0.3 is 12.1 Å². The molecule has 1 heterocycles. The van der Waals surface area contributed by atoms with Gasteiger partial charge in [-0.3, -0.25) is 5.10 Å². The summed E-state index contributed by atoms with van der Waals surface area (Å²) in [5.41, 5.74) is 1.56. The molecule has 2 N–H and O–H groups in total. The number of fused-ring (bicyclic) bond motifs is 1. The monoisotopic (exact) mass is 517 g/mol. The van der Waals surface area contributed by atoms with Crippen molar-refractivity contribution in [3.63, 3.8) is 0 Å². The molecule has 5 nitrogen and oxygen atoms in total. The van der Waals surface area contributed by atoms with E-state index < -0.39 is 23.7 Å². The number of aliphatic carboxylic acids is 1. The number of nitrogens with zero attached hydrogens (tertiary/aromatic N) is 2. The third-order valence-electron chi connectivity index (χ3n) is 6.45. The van der Waals surface area contributed by atoms with Gasteiger partial charge in [-0.25, -0.2) is 4.79 Å². The van der Waals surface area contributed by atoms with Crippen molar-refractivity contribution < 1.29 is 27.5 Å². The van der Waals surface area contributed by atoms with Gasteiger partial charge in [0.05, 0.1) is 22.0 Å². The highest BCUT2D eigenvalue weighted by molar-refractivity contribution is 6.04. The summed E-state index contributed by atoms with van der Waals surface area (Å²) in [7, 11) is 0. The molecule has 0 saturated heterocycles. The summed E-state index contributed by atoms with van der Waals surface area (Å²) in [5, 5.41) is 25.1. The van der Waals surface area contributed by atoms with Crippen LogP contribution in [-0.2, 0) is 11.0 Å². The molecule has 1 saturated carbocycles. The summed E-state index contributed by atoms with van der Waals surface area (Å²) in [6, 6.07) is 17.0. The average molecular weight is 517 g/mol. The Balaban J connectivity index is 1.86. The number of carbonyl (C=O) groups is 1. The molecule has 1 fully saturated rings. The minimum atomic E-state index is -4.62. The lowest BCUT2D eigenvalue weighted by molar-refractivity contribution is -0.137. The molecule has 0 bridgehead atoms. The molecule has 1 aliphatic rings. The molecule has 4 aromatic rings. The zero-order valence-corrected chi connectivity index (χ0v) is 19.7. The molecule has 0 atom stereocenters. The van der Waals surface area contributed by atoms with Gasteiger partial charge in [0.2, 0.25) is 5.95 Å². The van der Waals surface area contributed by atoms with Crippen molar-refractivity contribution in [2.75, 3.05) is 0 Å². The number of hydrogen-bond donors (Lipinski definition) is 2. The summed E-state index contributed by atoms with van der Waals surface area (Å²) < 4.78 is 57.1. The minimum Gasteiger partial charge on any atom is -0.478 e. The number of aromatic amines is 1. The molecule has 0 spiro atoms. The number of hydrogen-bond acceptors (Lipinski definition) is 3. The maximum Gasteiger partial charge on any atom is 0.416 e. The Bertz CT molecular complexity index is 1650. The van der Waals surface area contributed by atoms with Crippen molar-refractivity contribution in [2.24, 2.45) is 5.92 Å². The number of carboxylic acids is 1. The van der Waals surface area contributed by atoms with Crippen LogP contribution in [0.4, 0.5) is 17.6 Å². The fourth-order valence-electron chi connectivity index (χ4n) is 4.68. The van der Waals surface area contributed by atoms with Gasteiger partial charge in [0.25, 0.3) is 0 Å². The minimum absolute atomic E-state index is 0.00371. The van der Waals surface area contributed by atoms with E-state index in [1.54, 1.807) is 30.3 Å². The van der Waals surface area contributed by atoms with Crippen molar-refractivity contribution >= 4 is 34.1 Å². The second-order valence-corrected chi connectivity index (χ2v) is 8.93. The van der Waals surface area contributed by atoms with Crippen LogP contribution in [0.15, 0.2) is 66.7 Å². The molecule has 5 rings (SSSR count). The van der Waals surface area contributed by atoms with Gasteiger partial charge in [0.1, 0.15) is 6.07 Å². The first kappa shape index (κ1) is 25.0. The molecule has 1 aromatic heterocycles. The van der Waals surface area contributed by atoms with Crippen LogP contribution in [-0.4, -0.2) is 21.3 Å². The van der Waals surface area contributed by atoms with Crippen LogP contribution in [0.3, 0.4) is 0 Å². The summed E-state index contributed by atoms with van der Waals surface area (Å²) in [6.45, 7) is 0. The number of H-pyrrole nitrogens is 1. The number of aromatic nitrogens is 2. The van der Waals surface area contributed by atoms with E-state index in [1.807, 2.05) is 6.07 Å². The van der Waals surface area contributed by atoms with E-state index in [4.69, 9.17) is 5.11 Å². The summed E-state index contributed by atoms with van der Waals surface area (Å²) in [5.74, 6) is -2.13. The lowest BCUT2D eigenvalue weighted by atomic mass is 9.83. The van der Waals surface area contributed by atoms with E-state index in [1.165, 1.54) is 30.3 Å². The maximum atomic E-state index is 14.7. The molecule has 9 heteroatoms. The van der Waals surface area contributed by atoms with E-state index >= 15 is 0 Å². The fraction of sp³-hybridized carbons (Fsp3) is 0.138. The standard InChI is InChI=1S/C29H19F4N3O2/c30-28-27-21(15-34)19(12-13-23(27)35-36-28)25(17-8-5-16(6-9-17)7-14-24(37)38)26(18-10-11-18)20-3-1-2-4-22(20)29(31,32)33/h1-9,12-14,18H,10-11H2,(H,35,36)(H,37,38)/b14-7+,26-25+. The molecule has 0 amide bonds. The number of allylic oxidation sites excluding steroid dienone is 1. The Morgan fingerprint density at radius 3 is 2.39 bits per heavy atom. The molecular formula is C29H19F4N3O2. The van der Waals surface area contributed by atoms with Crippen LogP contribution in [0, 0.1) is 23.2 Å². The smallest absolute Gasteiger partial charge is 0.416 e. The van der Waals surface area contributed by atoms with E-state index in [0.717, 1.165) is 12.1 Å². The van der Waals surface area contributed by atoms with Crippen molar-refractivity contribution in [1.82, 2.24) is 10.2 Å². The van der Waals surface area contributed by atoms with Gasteiger partial charge in [0.15, 0.2) is 0 Å². The largest absolute Gasteiger partial charge is 0.478 e. The summed E-state index contributed by atoms with van der Waals surface area (Å²) in [6.07, 6.45) is -0.927. The van der Waals surface area contributed by atoms with Crippen molar-refractivity contribution in [3.05, 3.63) is 106 Å². The Morgan fingerprint density at radius 2 is 1.76 bits per heavy atom. The van der Waals surface area contributed by atoms with Crippen molar-refractivity contribution in [3.8, 4) is 6.07 Å². The molecule has 38 heavy (non-hydrogen) atoms. The Kier molecular flexibility index (Phi) is 6.33. The first-order valence-electron chi connectivity index (χ1n) is 11.7. The Hall–Kier alpha value is -4.71. The number of carboxylic acid groups (broad SMARTS) is 1. The molecule has 0 radical (unpaired) electrons. The topological polar surface area (TPSA) is 89.8 Å². The third kappa shape index (κ3) is 4.68. The van der Waals surface area contributed by atoms with E-state index in [0.29, 0.717) is 35.1 Å². The van der Waals surface area contributed by atoms with Crippen LogP contribution in [0.5, 0.6) is 0 Å². The molecule has 3 aromatic carbocycles. The lowest BCUT2D eigenvalue weighted by Crippen LogP contribution is -2.10. The normalized spacial score (nSPS) is 14.5. The average Bonchev–Trinajstić information content (AvgIpc) is 3.67. The number of nitriles is 1. The fourth-order valence-corrected chi connectivity index (χ4v) is 4.68. The lowest BCUT2D eigenvalue weighted by Gasteiger charge is -2.21. The van der Waals surface area contributed by atoms with Gasteiger partial charge in [-0.2, -0.15) is 27.9 Å². The highest BCUT2D eigenvalue weighted by Crippen LogP contribution is 2.51.